The van der Waals surface area contributed by atoms with Crippen molar-refractivity contribution in [3.05, 3.63) is 53.9 Å². The van der Waals surface area contributed by atoms with E-state index >= 15 is 0 Å². The number of benzene rings is 1. The van der Waals surface area contributed by atoms with Crippen LogP contribution in [0.15, 0.2) is 42.7 Å². The molecule has 3 heteroatoms. The average Bonchev–Trinajstić information content (AvgIpc) is 3.08. The molecule has 2 heterocycles. The zero-order valence-corrected chi connectivity index (χ0v) is 14.3. The predicted molar refractivity (Wildman–Crippen MR) is 94.1 cm³/mol. The summed E-state index contributed by atoms with van der Waals surface area (Å²) in [6, 6.07) is 11.3. The van der Waals surface area contributed by atoms with Gasteiger partial charge in [0.05, 0.1) is 5.60 Å². The van der Waals surface area contributed by atoms with Crippen molar-refractivity contribution in [2.45, 2.75) is 45.3 Å². The van der Waals surface area contributed by atoms with E-state index in [-0.39, 0.29) is 0 Å². The third-order valence-corrected chi connectivity index (χ3v) is 4.86. The smallest absolute Gasteiger partial charge is 0.0855 e. The van der Waals surface area contributed by atoms with Crippen LogP contribution in [0.4, 0.5) is 0 Å². The van der Waals surface area contributed by atoms with Crippen LogP contribution in [-0.2, 0) is 5.60 Å². The first-order valence-electron chi connectivity index (χ1n) is 8.47. The van der Waals surface area contributed by atoms with Gasteiger partial charge in [-0.1, -0.05) is 24.3 Å². The van der Waals surface area contributed by atoms with Gasteiger partial charge in [-0.15, -0.1) is 0 Å². The number of aromatic nitrogens is 1. The van der Waals surface area contributed by atoms with E-state index in [1.165, 1.54) is 31.5 Å². The van der Waals surface area contributed by atoms with Crippen molar-refractivity contribution >= 4 is 0 Å². The average molecular weight is 310 g/mol. The maximum Gasteiger partial charge on any atom is 0.0855 e. The second-order valence-corrected chi connectivity index (χ2v) is 7.06. The van der Waals surface area contributed by atoms with Crippen molar-refractivity contribution in [3.63, 3.8) is 0 Å². The van der Waals surface area contributed by atoms with Gasteiger partial charge in [-0.2, -0.15) is 0 Å². The zero-order chi connectivity index (χ0) is 16.4. The van der Waals surface area contributed by atoms with Gasteiger partial charge in [0, 0.05) is 29.6 Å². The standard InChI is InChI=1S/C20H26N2O/c1-15(22-10-4-5-11-22)16-6-8-17(9-7-16)18-12-19(14-21-13-18)20(2,3)23/h6-9,12-15,23H,4-5,10-11H2,1-3H3. The molecule has 1 aromatic carbocycles. The molecule has 1 unspecified atom stereocenters. The number of rotatable bonds is 4. The summed E-state index contributed by atoms with van der Waals surface area (Å²) in [7, 11) is 0. The van der Waals surface area contributed by atoms with E-state index in [1.54, 1.807) is 20.0 Å². The largest absolute Gasteiger partial charge is 0.386 e. The van der Waals surface area contributed by atoms with Crippen LogP contribution in [-0.4, -0.2) is 28.1 Å². The summed E-state index contributed by atoms with van der Waals surface area (Å²) >= 11 is 0. The second kappa shape index (κ2) is 6.42. The molecule has 1 atom stereocenters. The fraction of sp³-hybridized carbons (Fsp3) is 0.450. The first-order valence-corrected chi connectivity index (χ1v) is 8.47. The Morgan fingerprint density at radius 3 is 2.30 bits per heavy atom. The fourth-order valence-corrected chi connectivity index (χ4v) is 3.23. The molecule has 122 valence electrons. The van der Waals surface area contributed by atoms with Crippen LogP contribution in [0.1, 0.15) is 50.8 Å². The molecule has 1 aliphatic rings. The number of pyridine rings is 1. The summed E-state index contributed by atoms with van der Waals surface area (Å²) in [6.45, 7) is 8.28. The summed E-state index contributed by atoms with van der Waals surface area (Å²) in [5.74, 6) is 0. The molecule has 1 N–H and O–H groups in total. The van der Waals surface area contributed by atoms with E-state index in [9.17, 15) is 5.11 Å². The van der Waals surface area contributed by atoms with Gasteiger partial charge < -0.3 is 5.11 Å². The molecular formula is C20H26N2O. The van der Waals surface area contributed by atoms with Crippen molar-refractivity contribution in [1.29, 1.82) is 0 Å². The summed E-state index contributed by atoms with van der Waals surface area (Å²) in [5, 5.41) is 10.2. The highest BCUT2D eigenvalue weighted by molar-refractivity contribution is 5.63. The zero-order valence-electron chi connectivity index (χ0n) is 14.3. The molecule has 3 nitrogen and oxygen atoms in total. The van der Waals surface area contributed by atoms with Crippen LogP contribution in [0.2, 0.25) is 0 Å². The van der Waals surface area contributed by atoms with Gasteiger partial charge in [0.1, 0.15) is 0 Å². The minimum atomic E-state index is -0.868. The highest BCUT2D eigenvalue weighted by atomic mass is 16.3. The number of aliphatic hydroxyl groups is 1. The van der Waals surface area contributed by atoms with Crippen molar-refractivity contribution in [1.82, 2.24) is 9.88 Å². The van der Waals surface area contributed by atoms with Gasteiger partial charge in [-0.25, -0.2) is 0 Å². The van der Waals surface area contributed by atoms with Crippen molar-refractivity contribution in [2.24, 2.45) is 0 Å². The second-order valence-electron chi connectivity index (χ2n) is 7.06. The topological polar surface area (TPSA) is 36.4 Å². The molecular weight excluding hydrogens is 284 g/mol. The predicted octanol–water partition coefficient (Wildman–Crippen LogP) is 4.13. The van der Waals surface area contributed by atoms with Gasteiger partial charge in [-0.05, 0) is 63.9 Å². The third-order valence-electron chi connectivity index (χ3n) is 4.86. The summed E-state index contributed by atoms with van der Waals surface area (Å²) in [5.41, 5.74) is 3.52. The van der Waals surface area contributed by atoms with Gasteiger partial charge in [0.15, 0.2) is 0 Å². The fourth-order valence-electron chi connectivity index (χ4n) is 3.23. The Hall–Kier alpha value is -1.71. The molecule has 1 aromatic heterocycles. The van der Waals surface area contributed by atoms with E-state index in [1.807, 2.05) is 12.3 Å². The van der Waals surface area contributed by atoms with Gasteiger partial charge >= 0.3 is 0 Å². The van der Waals surface area contributed by atoms with E-state index in [0.717, 1.165) is 16.7 Å². The lowest BCUT2D eigenvalue weighted by Gasteiger charge is -2.24. The van der Waals surface area contributed by atoms with Crippen LogP contribution >= 0.6 is 0 Å². The summed E-state index contributed by atoms with van der Waals surface area (Å²) < 4.78 is 0. The Kier molecular flexibility index (Phi) is 4.51. The summed E-state index contributed by atoms with van der Waals surface area (Å²) in [4.78, 5) is 6.83. The Morgan fingerprint density at radius 2 is 1.70 bits per heavy atom. The van der Waals surface area contributed by atoms with E-state index in [4.69, 9.17) is 0 Å². The molecule has 23 heavy (non-hydrogen) atoms. The lowest BCUT2D eigenvalue weighted by molar-refractivity contribution is 0.0783. The lowest BCUT2D eigenvalue weighted by Crippen LogP contribution is -2.23. The molecule has 0 spiro atoms. The Bertz CT molecular complexity index is 652. The highest BCUT2D eigenvalue weighted by Gasteiger charge is 2.20. The number of nitrogens with zero attached hydrogens (tertiary/aromatic N) is 2. The van der Waals surface area contributed by atoms with Crippen molar-refractivity contribution in [2.75, 3.05) is 13.1 Å². The maximum absolute atomic E-state index is 10.2. The van der Waals surface area contributed by atoms with Gasteiger partial charge in [0.2, 0.25) is 0 Å². The highest BCUT2D eigenvalue weighted by Crippen LogP contribution is 2.28. The quantitative estimate of drug-likeness (QED) is 0.922. The minimum absolute atomic E-state index is 0.479. The molecule has 1 aliphatic heterocycles. The molecule has 0 aliphatic carbocycles. The van der Waals surface area contributed by atoms with Crippen LogP contribution in [0.25, 0.3) is 11.1 Å². The van der Waals surface area contributed by atoms with Crippen LogP contribution < -0.4 is 0 Å². The van der Waals surface area contributed by atoms with Crippen LogP contribution in [0.3, 0.4) is 0 Å². The first kappa shape index (κ1) is 16.2. The third kappa shape index (κ3) is 3.62. The maximum atomic E-state index is 10.2. The molecule has 3 rings (SSSR count). The normalized spacial score (nSPS) is 17.4. The number of likely N-dealkylation sites (tertiary alicyclic amines) is 1. The van der Waals surface area contributed by atoms with Crippen molar-refractivity contribution in [3.8, 4) is 11.1 Å². The molecule has 0 bridgehead atoms. The van der Waals surface area contributed by atoms with Gasteiger partial charge in [0.25, 0.3) is 0 Å². The van der Waals surface area contributed by atoms with E-state index in [0.29, 0.717) is 6.04 Å². The first-order chi connectivity index (χ1) is 10.9. The van der Waals surface area contributed by atoms with Crippen LogP contribution in [0.5, 0.6) is 0 Å². The molecule has 0 amide bonds. The monoisotopic (exact) mass is 310 g/mol. The molecule has 1 fully saturated rings. The van der Waals surface area contributed by atoms with E-state index in [2.05, 4.69) is 41.1 Å². The molecule has 0 saturated carbocycles. The Labute approximate surface area is 139 Å². The summed E-state index contributed by atoms with van der Waals surface area (Å²) in [6.07, 6.45) is 6.22. The molecule has 0 radical (unpaired) electrons. The Morgan fingerprint density at radius 1 is 1.04 bits per heavy atom. The minimum Gasteiger partial charge on any atom is -0.386 e. The van der Waals surface area contributed by atoms with Crippen LogP contribution in [0, 0.1) is 0 Å². The van der Waals surface area contributed by atoms with Gasteiger partial charge in [-0.3, -0.25) is 9.88 Å². The lowest BCUT2D eigenvalue weighted by atomic mass is 9.96. The van der Waals surface area contributed by atoms with Crippen molar-refractivity contribution < 1.29 is 5.11 Å². The SMILES string of the molecule is CC(c1ccc(-c2cncc(C(C)(C)O)c2)cc1)N1CCCC1. The molecule has 1 saturated heterocycles. The molecule has 2 aromatic rings. The Balaban J connectivity index is 1.82. The number of hydrogen-bond acceptors (Lipinski definition) is 3. The van der Waals surface area contributed by atoms with E-state index < -0.39 is 5.60 Å². The number of hydrogen-bond donors (Lipinski definition) is 1.